The second-order valence-corrected chi connectivity index (χ2v) is 6.66. The summed E-state index contributed by atoms with van der Waals surface area (Å²) in [5.41, 5.74) is 1.72. The van der Waals surface area contributed by atoms with Gasteiger partial charge in [-0.05, 0) is 61.9 Å². The number of hydrogen-bond donors (Lipinski definition) is 2. The number of amides is 1. The lowest BCUT2D eigenvalue weighted by atomic mass is 10.2. The molecular formula is C20H21ClN4O3. The number of hydrogen-bond acceptors (Lipinski definition) is 5. The van der Waals surface area contributed by atoms with E-state index < -0.39 is 6.10 Å². The fourth-order valence-electron chi connectivity index (χ4n) is 2.55. The minimum atomic E-state index is -0.663. The Bertz CT molecular complexity index is 956. The Labute approximate surface area is 168 Å². The van der Waals surface area contributed by atoms with Gasteiger partial charge in [0, 0.05) is 10.6 Å². The third-order valence-electron chi connectivity index (χ3n) is 4.12. The molecule has 0 saturated carbocycles. The number of rotatable bonds is 7. The van der Waals surface area contributed by atoms with Crippen LogP contribution in [0.1, 0.15) is 18.3 Å². The molecule has 0 radical (unpaired) electrons. The number of halogens is 1. The van der Waals surface area contributed by atoms with Crippen molar-refractivity contribution in [3.63, 3.8) is 0 Å². The second kappa shape index (κ2) is 8.75. The molecule has 0 aliphatic heterocycles. The highest BCUT2D eigenvalue weighted by Crippen LogP contribution is 2.23. The van der Waals surface area contributed by atoms with Crippen molar-refractivity contribution in [1.29, 1.82) is 0 Å². The summed E-state index contributed by atoms with van der Waals surface area (Å²) in [4.78, 5) is 16.7. The van der Waals surface area contributed by atoms with Crippen molar-refractivity contribution in [2.24, 2.45) is 0 Å². The van der Waals surface area contributed by atoms with Crippen LogP contribution in [-0.2, 0) is 11.3 Å². The van der Waals surface area contributed by atoms with Crippen molar-refractivity contribution in [1.82, 2.24) is 20.5 Å². The Morgan fingerprint density at radius 2 is 2.00 bits per heavy atom. The lowest BCUT2D eigenvalue weighted by Gasteiger charge is -2.16. The van der Waals surface area contributed by atoms with Crippen LogP contribution in [0.2, 0.25) is 5.02 Å². The molecule has 7 nitrogen and oxygen atoms in total. The van der Waals surface area contributed by atoms with E-state index in [1.165, 1.54) is 0 Å². The summed E-state index contributed by atoms with van der Waals surface area (Å²) in [7, 11) is 1.61. The van der Waals surface area contributed by atoms with Gasteiger partial charge in [-0.1, -0.05) is 11.6 Å². The molecule has 1 aromatic heterocycles. The Balaban J connectivity index is 1.56. The summed E-state index contributed by atoms with van der Waals surface area (Å²) in [5, 5.41) is 10.4. The van der Waals surface area contributed by atoms with E-state index in [2.05, 4.69) is 20.5 Å². The standard InChI is InChI=1S/C20H21ClN4O3/c1-12-10-15(21)6-9-17(12)28-13(2)20(26)22-11-18-23-19(25-24-18)14-4-7-16(27-3)8-5-14/h4-10,13H,11H2,1-3H3,(H,22,26)(H,23,24,25). The van der Waals surface area contributed by atoms with Gasteiger partial charge in [0.25, 0.3) is 5.91 Å². The molecule has 0 aliphatic carbocycles. The molecular weight excluding hydrogens is 380 g/mol. The summed E-state index contributed by atoms with van der Waals surface area (Å²) in [6.07, 6.45) is -0.663. The Morgan fingerprint density at radius 3 is 2.68 bits per heavy atom. The van der Waals surface area contributed by atoms with Crippen LogP contribution >= 0.6 is 11.6 Å². The lowest BCUT2D eigenvalue weighted by Crippen LogP contribution is -2.36. The first kappa shape index (κ1) is 19.7. The molecule has 0 bridgehead atoms. The van der Waals surface area contributed by atoms with E-state index in [-0.39, 0.29) is 12.5 Å². The van der Waals surface area contributed by atoms with Crippen molar-refractivity contribution in [3.05, 3.63) is 58.9 Å². The molecule has 2 aromatic carbocycles. The number of carbonyl (C=O) groups excluding carboxylic acids is 1. The topological polar surface area (TPSA) is 89.1 Å². The average Bonchev–Trinajstić information content (AvgIpc) is 3.17. The number of H-pyrrole nitrogens is 1. The maximum Gasteiger partial charge on any atom is 0.261 e. The number of benzene rings is 2. The molecule has 3 rings (SSSR count). The molecule has 2 N–H and O–H groups in total. The number of methoxy groups -OCH3 is 1. The molecule has 0 aliphatic rings. The molecule has 8 heteroatoms. The summed E-state index contributed by atoms with van der Waals surface area (Å²) in [6.45, 7) is 3.78. The van der Waals surface area contributed by atoms with E-state index in [1.54, 1.807) is 32.2 Å². The van der Waals surface area contributed by atoms with Gasteiger partial charge in [0.15, 0.2) is 11.9 Å². The normalized spacial score (nSPS) is 11.7. The van der Waals surface area contributed by atoms with E-state index in [0.717, 1.165) is 16.9 Å². The largest absolute Gasteiger partial charge is 0.497 e. The zero-order valence-electron chi connectivity index (χ0n) is 15.8. The molecule has 3 aromatic rings. The van der Waals surface area contributed by atoms with Gasteiger partial charge in [0.2, 0.25) is 0 Å². The minimum Gasteiger partial charge on any atom is -0.497 e. The molecule has 1 heterocycles. The van der Waals surface area contributed by atoms with Crippen molar-refractivity contribution in [2.45, 2.75) is 26.5 Å². The maximum atomic E-state index is 12.3. The van der Waals surface area contributed by atoms with Gasteiger partial charge >= 0.3 is 0 Å². The van der Waals surface area contributed by atoms with Crippen LogP contribution in [0.5, 0.6) is 11.5 Å². The monoisotopic (exact) mass is 400 g/mol. The third kappa shape index (κ3) is 4.80. The molecule has 146 valence electrons. The first-order valence-corrected chi connectivity index (χ1v) is 9.10. The number of aromatic nitrogens is 3. The van der Waals surface area contributed by atoms with Crippen molar-refractivity contribution in [3.8, 4) is 22.9 Å². The van der Waals surface area contributed by atoms with Gasteiger partial charge in [-0.2, -0.15) is 5.10 Å². The Hall–Kier alpha value is -3.06. The summed E-state index contributed by atoms with van der Waals surface area (Å²) < 4.78 is 10.9. The van der Waals surface area contributed by atoms with Crippen LogP contribution in [0, 0.1) is 6.92 Å². The van der Waals surface area contributed by atoms with Crippen molar-refractivity contribution < 1.29 is 14.3 Å². The SMILES string of the molecule is COc1ccc(-c2n[nH]c(CNC(=O)C(C)Oc3ccc(Cl)cc3C)n2)cc1. The zero-order chi connectivity index (χ0) is 20.1. The Morgan fingerprint density at radius 1 is 1.25 bits per heavy atom. The lowest BCUT2D eigenvalue weighted by molar-refractivity contribution is -0.127. The van der Waals surface area contributed by atoms with E-state index >= 15 is 0 Å². The van der Waals surface area contributed by atoms with Crippen molar-refractivity contribution in [2.75, 3.05) is 7.11 Å². The number of nitrogens with zero attached hydrogens (tertiary/aromatic N) is 2. The van der Waals surface area contributed by atoms with Crippen LogP contribution in [0.3, 0.4) is 0 Å². The van der Waals surface area contributed by atoms with Gasteiger partial charge < -0.3 is 14.8 Å². The van der Waals surface area contributed by atoms with Crippen LogP contribution in [-0.4, -0.2) is 34.3 Å². The second-order valence-electron chi connectivity index (χ2n) is 6.22. The maximum absolute atomic E-state index is 12.3. The molecule has 0 spiro atoms. The Kier molecular flexibility index (Phi) is 6.16. The highest BCUT2D eigenvalue weighted by Gasteiger charge is 2.16. The van der Waals surface area contributed by atoms with E-state index in [0.29, 0.717) is 22.4 Å². The quantitative estimate of drug-likeness (QED) is 0.633. The highest BCUT2D eigenvalue weighted by molar-refractivity contribution is 6.30. The highest BCUT2D eigenvalue weighted by atomic mass is 35.5. The minimum absolute atomic E-state index is 0.218. The number of ether oxygens (including phenoxy) is 2. The zero-order valence-corrected chi connectivity index (χ0v) is 16.6. The predicted molar refractivity (Wildman–Crippen MR) is 106 cm³/mol. The van der Waals surface area contributed by atoms with Crippen LogP contribution in [0.15, 0.2) is 42.5 Å². The fourth-order valence-corrected chi connectivity index (χ4v) is 2.77. The molecule has 28 heavy (non-hydrogen) atoms. The third-order valence-corrected chi connectivity index (χ3v) is 4.36. The van der Waals surface area contributed by atoms with Gasteiger partial charge in [0.05, 0.1) is 13.7 Å². The first-order valence-electron chi connectivity index (χ1n) is 8.72. The summed E-state index contributed by atoms with van der Waals surface area (Å²) in [5.74, 6) is 2.23. The van der Waals surface area contributed by atoms with Crippen LogP contribution in [0.25, 0.3) is 11.4 Å². The van der Waals surface area contributed by atoms with E-state index in [1.807, 2.05) is 31.2 Å². The number of aryl methyl sites for hydroxylation is 1. The molecule has 0 fully saturated rings. The summed E-state index contributed by atoms with van der Waals surface area (Å²) >= 11 is 5.94. The predicted octanol–water partition coefficient (Wildman–Crippen LogP) is 3.53. The first-order chi connectivity index (χ1) is 13.5. The molecule has 1 atom stereocenters. The van der Waals surface area contributed by atoms with E-state index in [9.17, 15) is 4.79 Å². The fraction of sp³-hybridized carbons (Fsp3) is 0.250. The van der Waals surface area contributed by atoms with Gasteiger partial charge in [0.1, 0.15) is 17.3 Å². The van der Waals surface area contributed by atoms with Gasteiger partial charge in [-0.15, -0.1) is 0 Å². The van der Waals surface area contributed by atoms with Gasteiger partial charge in [-0.3, -0.25) is 9.89 Å². The van der Waals surface area contributed by atoms with Crippen molar-refractivity contribution >= 4 is 17.5 Å². The average molecular weight is 401 g/mol. The van der Waals surface area contributed by atoms with E-state index in [4.69, 9.17) is 21.1 Å². The number of nitrogens with one attached hydrogen (secondary N) is 2. The van der Waals surface area contributed by atoms with Gasteiger partial charge in [-0.25, -0.2) is 4.98 Å². The van der Waals surface area contributed by atoms with Crippen LogP contribution in [0.4, 0.5) is 0 Å². The molecule has 1 unspecified atom stereocenters. The molecule has 0 saturated heterocycles. The number of aromatic amines is 1. The molecule has 1 amide bonds. The number of carbonyl (C=O) groups is 1. The van der Waals surface area contributed by atoms with Crippen LogP contribution < -0.4 is 14.8 Å². The smallest absolute Gasteiger partial charge is 0.261 e. The summed E-state index contributed by atoms with van der Waals surface area (Å²) in [6, 6.07) is 12.7.